The molecule has 1 aromatic rings. The van der Waals surface area contributed by atoms with Crippen LogP contribution in [0.1, 0.15) is 36.9 Å². The van der Waals surface area contributed by atoms with Crippen LogP contribution in [0, 0.1) is 6.92 Å². The van der Waals surface area contributed by atoms with Crippen LogP contribution in [0.2, 0.25) is 0 Å². The van der Waals surface area contributed by atoms with Crippen molar-refractivity contribution in [3.63, 3.8) is 0 Å². The summed E-state index contributed by atoms with van der Waals surface area (Å²) in [4.78, 5) is 0.951. The molecule has 0 aromatic heterocycles. The summed E-state index contributed by atoms with van der Waals surface area (Å²) in [5, 5.41) is 0.117. The van der Waals surface area contributed by atoms with Gasteiger partial charge in [0.15, 0.2) is 0 Å². The number of rotatable bonds is 2. The molecule has 2 nitrogen and oxygen atoms in total. The van der Waals surface area contributed by atoms with Crippen LogP contribution in [0.4, 0.5) is 0 Å². The van der Waals surface area contributed by atoms with E-state index in [9.17, 15) is 4.21 Å². The van der Waals surface area contributed by atoms with Gasteiger partial charge in [-0.2, -0.15) is 0 Å². The van der Waals surface area contributed by atoms with Crippen LogP contribution in [-0.2, 0) is 10.8 Å². The molecule has 1 heterocycles. The number of nitrogens with two attached hydrogens (primary N) is 1. The Labute approximate surface area is 93.3 Å². The Morgan fingerprint density at radius 1 is 1.47 bits per heavy atom. The second-order valence-electron chi connectivity index (χ2n) is 4.19. The van der Waals surface area contributed by atoms with Crippen molar-refractivity contribution in [3.05, 3.63) is 29.3 Å². The Hall–Kier alpha value is -0.670. The van der Waals surface area contributed by atoms with Crippen LogP contribution in [-0.4, -0.2) is 9.46 Å². The molecule has 0 saturated carbocycles. The largest absolute Gasteiger partial charge is 0.323 e. The third-order valence-corrected chi connectivity index (χ3v) is 4.87. The minimum atomic E-state index is -0.899. The molecule has 1 aliphatic heterocycles. The molecule has 0 radical (unpaired) electrons. The van der Waals surface area contributed by atoms with Crippen molar-refractivity contribution in [1.82, 2.24) is 0 Å². The van der Waals surface area contributed by atoms with Gasteiger partial charge < -0.3 is 5.73 Å². The minimum absolute atomic E-state index is 0.0410. The lowest BCUT2D eigenvalue weighted by molar-refractivity contribution is 0.606. The Balaban J connectivity index is 2.41. The predicted molar refractivity (Wildman–Crippen MR) is 63.2 cm³/mol. The zero-order chi connectivity index (χ0) is 11.0. The monoisotopic (exact) mass is 223 g/mol. The summed E-state index contributed by atoms with van der Waals surface area (Å²) in [5.74, 6) is 0. The first kappa shape index (κ1) is 10.8. The van der Waals surface area contributed by atoms with Gasteiger partial charge in [0.05, 0.1) is 16.0 Å². The summed E-state index contributed by atoms with van der Waals surface area (Å²) in [6.07, 6.45) is 1.98. The molecule has 0 saturated heterocycles. The molecule has 2 N–H and O–H groups in total. The van der Waals surface area contributed by atoms with Crippen LogP contribution in [0.25, 0.3) is 0 Å². The normalized spacial score (nSPS) is 29.1. The molecule has 0 bridgehead atoms. The van der Waals surface area contributed by atoms with Crippen molar-refractivity contribution >= 4 is 10.8 Å². The maximum Gasteiger partial charge on any atom is 0.0587 e. The standard InChI is InChI=1S/C12H17NOS/c1-3-4-11-12(13)9-7-8(2)5-6-10(9)15(11)14/h5-7,11-12H,3-4,13H2,1-2H3. The number of hydrogen-bond donors (Lipinski definition) is 1. The van der Waals surface area contributed by atoms with Gasteiger partial charge >= 0.3 is 0 Å². The minimum Gasteiger partial charge on any atom is -0.323 e. The molecule has 0 amide bonds. The van der Waals surface area contributed by atoms with Crippen LogP contribution in [0.3, 0.4) is 0 Å². The molecule has 0 aliphatic carbocycles. The van der Waals surface area contributed by atoms with Crippen molar-refractivity contribution in [2.45, 2.75) is 42.9 Å². The molecule has 0 spiro atoms. The van der Waals surface area contributed by atoms with E-state index >= 15 is 0 Å². The van der Waals surface area contributed by atoms with E-state index in [0.29, 0.717) is 0 Å². The van der Waals surface area contributed by atoms with Crippen LogP contribution in [0.5, 0.6) is 0 Å². The van der Waals surface area contributed by atoms with Crippen molar-refractivity contribution in [3.8, 4) is 0 Å². The predicted octanol–water partition coefficient (Wildman–Crippen LogP) is 2.28. The summed E-state index contributed by atoms with van der Waals surface area (Å²) >= 11 is 0. The molecule has 3 heteroatoms. The molecular formula is C12H17NOS. The van der Waals surface area contributed by atoms with Gasteiger partial charge in [-0.3, -0.25) is 4.21 Å². The van der Waals surface area contributed by atoms with Gasteiger partial charge in [-0.25, -0.2) is 0 Å². The van der Waals surface area contributed by atoms with E-state index in [-0.39, 0.29) is 11.3 Å². The van der Waals surface area contributed by atoms with Crippen molar-refractivity contribution in [2.24, 2.45) is 5.73 Å². The van der Waals surface area contributed by atoms with E-state index in [0.717, 1.165) is 23.3 Å². The fraction of sp³-hybridized carbons (Fsp3) is 0.500. The fourth-order valence-electron chi connectivity index (χ4n) is 2.18. The maximum absolute atomic E-state index is 12.1. The fourth-order valence-corrected chi connectivity index (χ4v) is 4.00. The first-order valence-electron chi connectivity index (χ1n) is 5.42. The van der Waals surface area contributed by atoms with Gasteiger partial charge in [0.1, 0.15) is 0 Å². The molecule has 3 atom stereocenters. The number of benzene rings is 1. The van der Waals surface area contributed by atoms with E-state index in [4.69, 9.17) is 5.73 Å². The van der Waals surface area contributed by atoms with Gasteiger partial charge in [-0.1, -0.05) is 31.0 Å². The highest BCUT2D eigenvalue weighted by atomic mass is 32.2. The zero-order valence-corrected chi connectivity index (χ0v) is 10.0. The number of fused-ring (bicyclic) bond motifs is 1. The van der Waals surface area contributed by atoms with Crippen molar-refractivity contribution in [1.29, 1.82) is 0 Å². The van der Waals surface area contributed by atoms with E-state index < -0.39 is 10.8 Å². The SMILES string of the molecule is CCCC1C(N)c2cc(C)ccc2S1=O. The average molecular weight is 223 g/mol. The van der Waals surface area contributed by atoms with Gasteiger partial charge in [0, 0.05) is 10.9 Å². The summed E-state index contributed by atoms with van der Waals surface area (Å²) in [6, 6.07) is 6.02. The second kappa shape index (κ2) is 4.06. The third kappa shape index (κ3) is 1.74. The summed E-state index contributed by atoms with van der Waals surface area (Å²) in [6.45, 7) is 4.15. The Bertz CT molecular complexity index is 403. The molecular weight excluding hydrogens is 206 g/mol. The van der Waals surface area contributed by atoms with Gasteiger partial charge in [-0.15, -0.1) is 0 Å². The van der Waals surface area contributed by atoms with Gasteiger partial charge in [0.2, 0.25) is 0 Å². The smallest absolute Gasteiger partial charge is 0.0587 e. The lowest BCUT2D eigenvalue weighted by Crippen LogP contribution is -2.23. The van der Waals surface area contributed by atoms with Crippen molar-refractivity contribution < 1.29 is 4.21 Å². The third-order valence-electron chi connectivity index (χ3n) is 2.99. The average Bonchev–Trinajstić information content (AvgIpc) is 2.44. The Morgan fingerprint density at radius 2 is 2.20 bits per heavy atom. The summed E-state index contributed by atoms with van der Waals surface area (Å²) in [5.41, 5.74) is 8.43. The summed E-state index contributed by atoms with van der Waals surface area (Å²) < 4.78 is 12.1. The van der Waals surface area contributed by atoms with Crippen LogP contribution in [0.15, 0.2) is 23.1 Å². The molecule has 1 aliphatic rings. The highest BCUT2D eigenvalue weighted by Crippen LogP contribution is 2.37. The quantitative estimate of drug-likeness (QED) is 0.836. The zero-order valence-electron chi connectivity index (χ0n) is 9.19. The lowest BCUT2D eigenvalue weighted by atomic mass is 10.0. The molecule has 82 valence electrons. The van der Waals surface area contributed by atoms with Crippen LogP contribution < -0.4 is 5.73 Å². The van der Waals surface area contributed by atoms with Crippen molar-refractivity contribution in [2.75, 3.05) is 0 Å². The molecule has 0 fully saturated rings. The van der Waals surface area contributed by atoms with Gasteiger partial charge in [0.25, 0.3) is 0 Å². The highest BCUT2D eigenvalue weighted by molar-refractivity contribution is 7.86. The maximum atomic E-state index is 12.1. The molecule has 2 rings (SSSR count). The van der Waals surface area contributed by atoms with Crippen LogP contribution >= 0.6 is 0 Å². The van der Waals surface area contributed by atoms with E-state index in [2.05, 4.69) is 13.0 Å². The number of aryl methyl sites for hydroxylation is 1. The number of hydrogen-bond acceptors (Lipinski definition) is 2. The van der Waals surface area contributed by atoms with E-state index in [1.54, 1.807) is 0 Å². The Kier molecular flexibility index (Phi) is 2.94. The van der Waals surface area contributed by atoms with E-state index in [1.807, 2.05) is 19.1 Å². The first-order valence-corrected chi connectivity index (χ1v) is 6.63. The van der Waals surface area contributed by atoms with Gasteiger partial charge in [-0.05, 0) is 25.0 Å². The molecule has 3 unspecified atom stereocenters. The van der Waals surface area contributed by atoms with E-state index in [1.165, 1.54) is 5.56 Å². The molecule has 15 heavy (non-hydrogen) atoms. The topological polar surface area (TPSA) is 43.1 Å². The first-order chi connectivity index (χ1) is 7.15. The Morgan fingerprint density at radius 3 is 2.87 bits per heavy atom. The highest BCUT2D eigenvalue weighted by Gasteiger charge is 2.35. The summed E-state index contributed by atoms with van der Waals surface area (Å²) in [7, 11) is -0.899. The lowest BCUT2D eigenvalue weighted by Gasteiger charge is -2.13. The second-order valence-corrected chi connectivity index (χ2v) is 5.83. The molecule has 1 aromatic carbocycles.